The van der Waals surface area contributed by atoms with E-state index in [9.17, 15) is 5.11 Å². The van der Waals surface area contributed by atoms with Gasteiger partial charge in [-0.15, -0.1) is 0 Å². The van der Waals surface area contributed by atoms with Crippen LogP contribution >= 0.6 is 0 Å². The molecule has 3 rings (SSSR count). The third-order valence-electron chi connectivity index (χ3n) is 4.39. The molecular weight excluding hydrogens is 240 g/mol. The maximum atomic E-state index is 9.31. The molecular formula is C15H22N2O2. The number of nitrogens with two attached hydrogens (primary N) is 1. The van der Waals surface area contributed by atoms with Crippen LogP contribution in [0.4, 0.5) is 0 Å². The van der Waals surface area contributed by atoms with Crippen molar-refractivity contribution < 1.29 is 9.84 Å². The fourth-order valence-electron chi connectivity index (χ4n) is 3.34. The van der Waals surface area contributed by atoms with Crippen molar-refractivity contribution in [3.05, 3.63) is 35.4 Å². The lowest BCUT2D eigenvalue weighted by molar-refractivity contribution is -0.0920. The molecule has 2 aliphatic rings. The molecule has 1 saturated heterocycles. The van der Waals surface area contributed by atoms with Crippen molar-refractivity contribution >= 4 is 0 Å². The molecule has 4 atom stereocenters. The molecule has 1 aromatic carbocycles. The van der Waals surface area contributed by atoms with Crippen LogP contribution in [0.1, 0.15) is 36.6 Å². The normalized spacial score (nSPS) is 35.3. The standard InChI is InChI=1S/C15H22N2O2/c1-10-9-19-11(8-18)7-17(10)15-6-14(16)12-4-2-3-5-13(12)15/h2-5,10-11,14-15,18H,6-9,16H2,1H3. The number of benzene rings is 1. The molecule has 0 amide bonds. The molecule has 1 fully saturated rings. The average molecular weight is 262 g/mol. The van der Waals surface area contributed by atoms with Gasteiger partial charge in [0.05, 0.1) is 19.3 Å². The Balaban J connectivity index is 1.86. The lowest BCUT2D eigenvalue weighted by Gasteiger charge is -2.41. The van der Waals surface area contributed by atoms with Gasteiger partial charge >= 0.3 is 0 Å². The summed E-state index contributed by atoms with van der Waals surface area (Å²) in [5.41, 5.74) is 8.87. The monoisotopic (exact) mass is 262 g/mol. The van der Waals surface area contributed by atoms with E-state index in [-0.39, 0.29) is 18.8 Å². The van der Waals surface area contributed by atoms with E-state index in [2.05, 4.69) is 36.1 Å². The minimum atomic E-state index is -0.0693. The minimum absolute atomic E-state index is 0.0693. The Kier molecular flexibility index (Phi) is 3.58. The fourth-order valence-corrected chi connectivity index (χ4v) is 3.34. The third-order valence-corrected chi connectivity index (χ3v) is 4.39. The molecule has 1 aliphatic heterocycles. The van der Waals surface area contributed by atoms with Crippen LogP contribution in [0.15, 0.2) is 24.3 Å². The van der Waals surface area contributed by atoms with Crippen molar-refractivity contribution in [1.82, 2.24) is 4.90 Å². The maximum absolute atomic E-state index is 9.31. The topological polar surface area (TPSA) is 58.7 Å². The summed E-state index contributed by atoms with van der Waals surface area (Å²) in [4.78, 5) is 2.44. The van der Waals surface area contributed by atoms with Crippen LogP contribution in [-0.2, 0) is 4.74 Å². The van der Waals surface area contributed by atoms with Crippen molar-refractivity contribution in [2.75, 3.05) is 19.8 Å². The summed E-state index contributed by atoms with van der Waals surface area (Å²) >= 11 is 0. The molecule has 0 spiro atoms. The molecule has 0 radical (unpaired) electrons. The van der Waals surface area contributed by atoms with Crippen LogP contribution in [0.2, 0.25) is 0 Å². The van der Waals surface area contributed by atoms with E-state index in [1.54, 1.807) is 0 Å². The SMILES string of the molecule is CC1COC(CO)CN1C1CC(N)c2ccccc21. The van der Waals surface area contributed by atoms with Gasteiger partial charge in [0.1, 0.15) is 0 Å². The van der Waals surface area contributed by atoms with Crippen LogP contribution in [0.25, 0.3) is 0 Å². The van der Waals surface area contributed by atoms with Gasteiger partial charge in [-0.2, -0.15) is 0 Å². The minimum Gasteiger partial charge on any atom is -0.394 e. The number of fused-ring (bicyclic) bond motifs is 1. The molecule has 1 aliphatic carbocycles. The maximum Gasteiger partial charge on any atom is 0.0933 e. The second-order valence-electron chi connectivity index (χ2n) is 5.67. The summed E-state index contributed by atoms with van der Waals surface area (Å²) < 4.78 is 5.62. The Bertz CT molecular complexity index is 452. The van der Waals surface area contributed by atoms with E-state index in [0.717, 1.165) is 13.0 Å². The summed E-state index contributed by atoms with van der Waals surface area (Å²) in [5.74, 6) is 0. The Morgan fingerprint density at radius 2 is 2.11 bits per heavy atom. The predicted molar refractivity (Wildman–Crippen MR) is 73.7 cm³/mol. The van der Waals surface area contributed by atoms with E-state index < -0.39 is 0 Å². The number of aliphatic hydroxyl groups is 1. The lowest BCUT2D eigenvalue weighted by atomic mass is 10.0. The fraction of sp³-hybridized carbons (Fsp3) is 0.600. The van der Waals surface area contributed by atoms with Crippen molar-refractivity contribution in [2.45, 2.75) is 37.6 Å². The van der Waals surface area contributed by atoms with E-state index in [4.69, 9.17) is 10.5 Å². The van der Waals surface area contributed by atoms with Gasteiger partial charge in [-0.1, -0.05) is 24.3 Å². The molecule has 4 nitrogen and oxygen atoms in total. The average Bonchev–Trinajstić information content (AvgIpc) is 2.77. The van der Waals surface area contributed by atoms with Gasteiger partial charge in [-0.25, -0.2) is 0 Å². The predicted octanol–water partition coefficient (Wildman–Crippen LogP) is 1.21. The van der Waals surface area contributed by atoms with Crippen LogP contribution < -0.4 is 5.73 Å². The number of morpholine rings is 1. The summed E-state index contributed by atoms with van der Waals surface area (Å²) in [6, 6.07) is 9.31. The van der Waals surface area contributed by atoms with Crippen LogP contribution in [-0.4, -0.2) is 41.9 Å². The van der Waals surface area contributed by atoms with E-state index in [1.165, 1.54) is 11.1 Å². The van der Waals surface area contributed by atoms with E-state index in [1.807, 2.05) is 0 Å². The smallest absolute Gasteiger partial charge is 0.0933 e. The summed E-state index contributed by atoms with van der Waals surface area (Å²) in [7, 11) is 0. The zero-order chi connectivity index (χ0) is 13.4. The van der Waals surface area contributed by atoms with Gasteiger partial charge in [0.15, 0.2) is 0 Å². The first kappa shape index (κ1) is 13.1. The third kappa shape index (κ3) is 2.30. The summed E-state index contributed by atoms with van der Waals surface area (Å²) in [6.45, 7) is 3.73. The molecule has 0 bridgehead atoms. The van der Waals surface area contributed by atoms with E-state index >= 15 is 0 Å². The van der Waals surface area contributed by atoms with Gasteiger partial charge in [0, 0.05) is 24.7 Å². The molecule has 4 heteroatoms. The Morgan fingerprint density at radius 1 is 1.37 bits per heavy atom. The number of ether oxygens (including phenoxy) is 1. The zero-order valence-corrected chi connectivity index (χ0v) is 11.3. The van der Waals surface area contributed by atoms with Crippen LogP contribution in [0, 0.1) is 0 Å². The lowest BCUT2D eigenvalue weighted by Crippen LogP contribution is -2.50. The van der Waals surface area contributed by atoms with Crippen molar-refractivity contribution in [2.24, 2.45) is 5.73 Å². The first-order valence-electron chi connectivity index (χ1n) is 7.03. The Hall–Kier alpha value is -0.940. The van der Waals surface area contributed by atoms with Crippen LogP contribution in [0.5, 0.6) is 0 Å². The zero-order valence-electron chi connectivity index (χ0n) is 11.3. The number of rotatable bonds is 2. The number of nitrogens with zero attached hydrogens (tertiary/aromatic N) is 1. The molecule has 1 aromatic rings. The van der Waals surface area contributed by atoms with Gasteiger partial charge < -0.3 is 15.6 Å². The first-order valence-corrected chi connectivity index (χ1v) is 7.03. The highest BCUT2D eigenvalue weighted by molar-refractivity contribution is 5.37. The molecule has 1 heterocycles. The molecule has 4 unspecified atom stereocenters. The first-order chi connectivity index (χ1) is 9.20. The summed E-state index contributed by atoms with van der Waals surface area (Å²) in [6.07, 6.45) is 0.891. The second-order valence-corrected chi connectivity index (χ2v) is 5.67. The molecule has 104 valence electrons. The quantitative estimate of drug-likeness (QED) is 0.841. The number of aliphatic hydroxyl groups excluding tert-OH is 1. The highest BCUT2D eigenvalue weighted by atomic mass is 16.5. The van der Waals surface area contributed by atoms with E-state index in [0.29, 0.717) is 18.7 Å². The molecule has 0 saturated carbocycles. The number of hydrogen-bond acceptors (Lipinski definition) is 4. The van der Waals surface area contributed by atoms with Gasteiger partial charge in [0.2, 0.25) is 0 Å². The van der Waals surface area contributed by atoms with Gasteiger partial charge in [-0.3, -0.25) is 4.90 Å². The Labute approximate surface area is 114 Å². The molecule has 0 aromatic heterocycles. The van der Waals surface area contributed by atoms with Crippen molar-refractivity contribution in [1.29, 1.82) is 0 Å². The molecule has 19 heavy (non-hydrogen) atoms. The largest absolute Gasteiger partial charge is 0.394 e. The van der Waals surface area contributed by atoms with Crippen LogP contribution in [0.3, 0.4) is 0 Å². The van der Waals surface area contributed by atoms with Crippen molar-refractivity contribution in [3.8, 4) is 0 Å². The second kappa shape index (κ2) is 5.21. The van der Waals surface area contributed by atoms with Crippen molar-refractivity contribution in [3.63, 3.8) is 0 Å². The van der Waals surface area contributed by atoms with Gasteiger partial charge in [-0.05, 0) is 24.5 Å². The highest BCUT2D eigenvalue weighted by Crippen LogP contribution is 2.42. The van der Waals surface area contributed by atoms with Gasteiger partial charge in [0.25, 0.3) is 0 Å². The number of hydrogen-bond donors (Lipinski definition) is 2. The molecule has 3 N–H and O–H groups in total. The summed E-state index contributed by atoms with van der Waals surface area (Å²) in [5, 5.41) is 9.31. The highest BCUT2D eigenvalue weighted by Gasteiger charge is 2.37. The Morgan fingerprint density at radius 3 is 2.84 bits per heavy atom.